The zero-order chi connectivity index (χ0) is 12.3. The van der Waals surface area contributed by atoms with E-state index in [9.17, 15) is 15.3 Å². The average Bonchev–Trinajstić information content (AvgIpc) is 2.49. The van der Waals surface area contributed by atoms with Crippen molar-refractivity contribution in [1.29, 1.82) is 0 Å². The first kappa shape index (κ1) is 13.9. The average molecular weight is 234 g/mol. The monoisotopic (exact) mass is 234 g/mol. The van der Waals surface area contributed by atoms with Crippen LogP contribution in [0.4, 0.5) is 0 Å². The van der Waals surface area contributed by atoms with Gasteiger partial charge in [-0.2, -0.15) is 0 Å². The van der Waals surface area contributed by atoms with Gasteiger partial charge >= 0.3 is 0 Å². The van der Waals surface area contributed by atoms with Crippen LogP contribution in [-0.4, -0.2) is 59.6 Å². The maximum atomic E-state index is 9.62. The molecule has 0 unspecified atom stereocenters. The zero-order valence-corrected chi connectivity index (χ0v) is 10.1. The van der Waals surface area contributed by atoms with Crippen LogP contribution in [0.1, 0.15) is 20.8 Å². The van der Waals surface area contributed by atoms with E-state index in [1.54, 1.807) is 0 Å². The highest BCUT2D eigenvalue weighted by Gasteiger charge is 2.40. The minimum Gasteiger partial charge on any atom is -0.394 e. The number of hydrogen-bond donors (Lipinski definition) is 3. The van der Waals surface area contributed by atoms with Crippen LogP contribution in [0, 0.1) is 5.41 Å². The van der Waals surface area contributed by atoms with Crippen LogP contribution >= 0.6 is 0 Å². The first-order valence-corrected chi connectivity index (χ1v) is 5.55. The standard InChI is InChI=1S/C11H22O5/c1-11(2,3)6-16-8(4-12)10-9(14)7(13)5-15-10/h7-10,12-14H,4-6H2,1-3H3/t7-,8+,9+,10+/m0/s1. The third-order valence-electron chi connectivity index (χ3n) is 2.47. The third kappa shape index (κ3) is 3.68. The van der Waals surface area contributed by atoms with Gasteiger partial charge in [-0.15, -0.1) is 0 Å². The summed E-state index contributed by atoms with van der Waals surface area (Å²) < 4.78 is 10.7. The number of aliphatic hydroxyl groups is 3. The molecule has 1 saturated heterocycles. The van der Waals surface area contributed by atoms with Crippen LogP contribution in [0.5, 0.6) is 0 Å². The third-order valence-corrected chi connectivity index (χ3v) is 2.47. The van der Waals surface area contributed by atoms with Gasteiger partial charge in [0.05, 0.1) is 19.8 Å². The summed E-state index contributed by atoms with van der Waals surface area (Å²) in [6.07, 6.45) is -3.12. The second-order valence-corrected chi connectivity index (χ2v) is 5.45. The summed E-state index contributed by atoms with van der Waals surface area (Å²) in [6.45, 7) is 6.36. The van der Waals surface area contributed by atoms with E-state index >= 15 is 0 Å². The number of hydrogen-bond acceptors (Lipinski definition) is 5. The van der Waals surface area contributed by atoms with E-state index in [-0.39, 0.29) is 18.6 Å². The Morgan fingerprint density at radius 3 is 2.38 bits per heavy atom. The molecule has 3 N–H and O–H groups in total. The van der Waals surface area contributed by atoms with Crippen LogP contribution in [-0.2, 0) is 9.47 Å². The maximum absolute atomic E-state index is 9.62. The molecule has 0 radical (unpaired) electrons. The molecule has 96 valence electrons. The van der Waals surface area contributed by atoms with Gasteiger partial charge in [-0.25, -0.2) is 0 Å². The lowest BCUT2D eigenvalue weighted by atomic mass is 9.98. The molecule has 0 amide bonds. The van der Waals surface area contributed by atoms with Gasteiger partial charge in [-0.05, 0) is 5.41 Å². The summed E-state index contributed by atoms with van der Waals surface area (Å²) in [5.41, 5.74) is -0.0183. The summed E-state index contributed by atoms with van der Waals surface area (Å²) >= 11 is 0. The summed E-state index contributed by atoms with van der Waals surface area (Å²) in [6, 6.07) is 0. The first-order chi connectivity index (χ1) is 7.35. The Balaban J connectivity index is 2.48. The van der Waals surface area contributed by atoms with Crippen molar-refractivity contribution in [1.82, 2.24) is 0 Å². The van der Waals surface area contributed by atoms with Gasteiger partial charge in [-0.1, -0.05) is 20.8 Å². The van der Waals surface area contributed by atoms with E-state index in [0.29, 0.717) is 6.61 Å². The molecule has 1 rings (SSSR count). The van der Waals surface area contributed by atoms with Crippen molar-refractivity contribution in [3.63, 3.8) is 0 Å². The Hall–Kier alpha value is -0.200. The van der Waals surface area contributed by atoms with Crippen LogP contribution in [0.25, 0.3) is 0 Å². The largest absolute Gasteiger partial charge is 0.394 e. The number of aliphatic hydroxyl groups excluding tert-OH is 3. The molecule has 0 aliphatic carbocycles. The molecule has 1 heterocycles. The van der Waals surface area contributed by atoms with Crippen molar-refractivity contribution in [3.05, 3.63) is 0 Å². The van der Waals surface area contributed by atoms with Crippen molar-refractivity contribution in [2.45, 2.75) is 45.2 Å². The van der Waals surface area contributed by atoms with E-state index in [1.807, 2.05) is 20.8 Å². The highest BCUT2D eigenvalue weighted by Crippen LogP contribution is 2.22. The van der Waals surface area contributed by atoms with Gasteiger partial charge in [-0.3, -0.25) is 0 Å². The van der Waals surface area contributed by atoms with Gasteiger partial charge in [0, 0.05) is 0 Å². The Morgan fingerprint density at radius 1 is 1.38 bits per heavy atom. The molecular formula is C11H22O5. The molecule has 0 saturated carbocycles. The van der Waals surface area contributed by atoms with Gasteiger partial charge in [0.15, 0.2) is 0 Å². The molecular weight excluding hydrogens is 212 g/mol. The van der Waals surface area contributed by atoms with Crippen molar-refractivity contribution < 1.29 is 24.8 Å². The lowest BCUT2D eigenvalue weighted by molar-refractivity contribution is -0.113. The number of ether oxygens (including phenoxy) is 2. The highest BCUT2D eigenvalue weighted by molar-refractivity contribution is 4.88. The molecule has 0 aromatic heterocycles. The molecule has 1 aliphatic heterocycles. The number of rotatable bonds is 4. The predicted octanol–water partition coefficient (Wildman–Crippen LogP) is -0.469. The molecule has 4 atom stereocenters. The van der Waals surface area contributed by atoms with E-state index in [2.05, 4.69) is 0 Å². The molecule has 1 fully saturated rings. The minimum absolute atomic E-state index is 0.0183. The molecule has 5 heteroatoms. The second-order valence-electron chi connectivity index (χ2n) is 5.45. The van der Waals surface area contributed by atoms with E-state index in [1.165, 1.54) is 0 Å². The van der Waals surface area contributed by atoms with E-state index in [4.69, 9.17) is 9.47 Å². The fourth-order valence-corrected chi connectivity index (χ4v) is 1.56. The SMILES string of the molecule is CC(C)(C)CO[C@H](CO)[C@H]1OC[C@H](O)[C@H]1O. The summed E-state index contributed by atoms with van der Waals surface area (Å²) in [4.78, 5) is 0. The Kier molecular flexibility index (Phi) is 4.70. The summed E-state index contributed by atoms with van der Waals surface area (Å²) in [7, 11) is 0. The molecule has 0 spiro atoms. The van der Waals surface area contributed by atoms with Gasteiger partial charge in [0.2, 0.25) is 0 Å². The van der Waals surface area contributed by atoms with Crippen molar-refractivity contribution in [2.75, 3.05) is 19.8 Å². The molecule has 5 nitrogen and oxygen atoms in total. The molecule has 0 aromatic carbocycles. The molecule has 0 aromatic rings. The predicted molar refractivity (Wildman–Crippen MR) is 58.0 cm³/mol. The summed E-state index contributed by atoms with van der Waals surface area (Å²) in [5, 5.41) is 28.1. The van der Waals surface area contributed by atoms with Crippen LogP contribution in [0.15, 0.2) is 0 Å². The Bertz CT molecular complexity index is 213. The van der Waals surface area contributed by atoms with Crippen molar-refractivity contribution in [2.24, 2.45) is 5.41 Å². The quantitative estimate of drug-likeness (QED) is 0.613. The highest BCUT2D eigenvalue weighted by atomic mass is 16.6. The van der Waals surface area contributed by atoms with E-state index < -0.39 is 24.4 Å². The lowest BCUT2D eigenvalue weighted by Crippen LogP contribution is -2.43. The van der Waals surface area contributed by atoms with Crippen LogP contribution in [0.3, 0.4) is 0 Å². The van der Waals surface area contributed by atoms with Crippen LogP contribution < -0.4 is 0 Å². The normalized spacial score (nSPS) is 33.0. The smallest absolute Gasteiger partial charge is 0.114 e. The second kappa shape index (κ2) is 5.42. The Morgan fingerprint density at radius 2 is 2.00 bits per heavy atom. The van der Waals surface area contributed by atoms with Crippen LogP contribution in [0.2, 0.25) is 0 Å². The van der Waals surface area contributed by atoms with Gasteiger partial charge in [0.1, 0.15) is 24.4 Å². The zero-order valence-electron chi connectivity index (χ0n) is 10.1. The van der Waals surface area contributed by atoms with Gasteiger partial charge in [0.25, 0.3) is 0 Å². The van der Waals surface area contributed by atoms with Crippen molar-refractivity contribution in [3.8, 4) is 0 Å². The molecule has 0 bridgehead atoms. The minimum atomic E-state index is -0.989. The fourth-order valence-electron chi connectivity index (χ4n) is 1.56. The maximum Gasteiger partial charge on any atom is 0.114 e. The Labute approximate surface area is 96.0 Å². The molecule has 1 aliphatic rings. The van der Waals surface area contributed by atoms with Crippen molar-refractivity contribution >= 4 is 0 Å². The lowest BCUT2D eigenvalue weighted by Gasteiger charge is -2.27. The topological polar surface area (TPSA) is 79.2 Å². The van der Waals surface area contributed by atoms with Gasteiger partial charge < -0.3 is 24.8 Å². The summed E-state index contributed by atoms with van der Waals surface area (Å²) in [5.74, 6) is 0. The first-order valence-electron chi connectivity index (χ1n) is 5.55. The van der Waals surface area contributed by atoms with E-state index in [0.717, 1.165) is 0 Å². The fraction of sp³-hybridized carbons (Fsp3) is 1.00. The molecule has 16 heavy (non-hydrogen) atoms.